The van der Waals surface area contributed by atoms with Crippen molar-refractivity contribution in [2.75, 3.05) is 0 Å². The van der Waals surface area contributed by atoms with Crippen LogP contribution >= 0.6 is 0 Å². The first kappa shape index (κ1) is 12.4. The molecule has 0 atom stereocenters. The zero-order valence-electron chi connectivity index (χ0n) is 11.1. The second-order valence-corrected chi connectivity index (χ2v) is 4.73. The van der Waals surface area contributed by atoms with E-state index in [0.717, 1.165) is 0 Å². The highest BCUT2D eigenvalue weighted by atomic mass is 16.3. The number of benzene rings is 2. The molecule has 0 unspecified atom stereocenters. The molecule has 3 aromatic rings. The Labute approximate surface area is 118 Å². The van der Waals surface area contributed by atoms with E-state index in [4.69, 9.17) is 0 Å². The van der Waals surface area contributed by atoms with E-state index in [9.17, 15) is 5.11 Å². The third-order valence-corrected chi connectivity index (χ3v) is 3.34. The van der Waals surface area contributed by atoms with Crippen molar-refractivity contribution in [1.29, 1.82) is 0 Å². The molecule has 1 N–H and O–H groups in total. The lowest BCUT2D eigenvalue weighted by molar-refractivity contribution is -0.705. The molecule has 20 heavy (non-hydrogen) atoms. The maximum absolute atomic E-state index is 9.73. The van der Waals surface area contributed by atoms with Crippen LogP contribution in [-0.2, 0) is 0 Å². The predicted octanol–water partition coefficient (Wildman–Crippen LogP) is 3.32. The monoisotopic (exact) mass is 262 g/mol. The van der Waals surface area contributed by atoms with E-state index in [-0.39, 0.29) is 11.8 Å². The van der Waals surface area contributed by atoms with E-state index >= 15 is 0 Å². The Morgan fingerprint density at radius 2 is 1.25 bits per heavy atom. The molecule has 0 aliphatic carbocycles. The Kier molecular flexibility index (Phi) is 3.46. The van der Waals surface area contributed by atoms with Crippen LogP contribution in [0.15, 0.2) is 85.2 Å². The number of hydrogen-bond donors (Lipinski definition) is 1. The molecule has 2 heteroatoms. The van der Waals surface area contributed by atoms with Crippen LogP contribution in [0.2, 0.25) is 0 Å². The Hall–Kier alpha value is -2.61. The van der Waals surface area contributed by atoms with Gasteiger partial charge in [-0.3, -0.25) is 0 Å². The topological polar surface area (TPSA) is 24.1 Å². The van der Waals surface area contributed by atoms with Gasteiger partial charge in [-0.2, -0.15) is 4.57 Å². The number of aromatic nitrogens is 1. The summed E-state index contributed by atoms with van der Waals surface area (Å²) in [6.45, 7) is 0. The van der Waals surface area contributed by atoms with Crippen LogP contribution < -0.4 is 4.57 Å². The van der Waals surface area contributed by atoms with Crippen molar-refractivity contribution < 1.29 is 9.67 Å². The summed E-state index contributed by atoms with van der Waals surface area (Å²) < 4.78 is 2.03. The molecule has 0 aliphatic rings. The van der Waals surface area contributed by atoms with Gasteiger partial charge in [-0.15, -0.1) is 0 Å². The van der Waals surface area contributed by atoms with Gasteiger partial charge in [0.2, 0.25) is 12.2 Å². The summed E-state index contributed by atoms with van der Waals surface area (Å²) in [6.07, 6.45) is 3.73. The van der Waals surface area contributed by atoms with Crippen molar-refractivity contribution >= 4 is 0 Å². The standard InChI is InChI=1S/C18H15NO/c20-17-12-7-13-19(14-17)18(15-8-3-1-4-9-15)16-10-5-2-6-11-16/h1-14,18H/p+1. The van der Waals surface area contributed by atoms with E-state index in [0.29, 0.717) is 0 Å². The summed E-state index contributed by atoms with van der Waals surface area (Å²) in [7, 11) is 0. The van der Waals surface area contributed by atoms with Gasteiger partial charge in [0.25, 0.3) is 0 Å². The molecule has 2 nitrogen and oxygen atoms in total. The van der Waals surface area contributed by atoms with Crippen molar-refractivity contribution in [2.45, 2.75) is 6.04 Å². The smallest absolute Gasteiger partial charge is 0.211 e. The highest BCUT2D eigenvalue weighted by Gasteiger charge is 2.23. The van der Waals surface area contributed by atoms with Crippen LogP contribution in [0.3, 0.4) is 0 Å². The molecule has 0 saturated heterocycles. The van der Waals surface area contributed by atoms with Gasteiger partial charge in [-0.25, -0.2) is 0 Å². The summed E-state index contributed by atoms with van der Waals surface area (Å²) >= 11 is 0. The van der Waals surface area contributed by atoms with Gasteiger partial charge in [-0.05, 0) is 6.07 Å². The Balaban J connectivity index is 2.14. The van der Waals surface area contributed by atoms with Gasteiger partial charge in [-0.1, -0.05) is 60.7 Å². The highest BCUT2D eigenvalue weighted by Crippen LogP contribution is 2.21. The summed E-state index contributed by atoms with van der Waals surface area (Å²) in [5, 5.41) is 9.73. The summed E-state index contributed by atoms with van der Waals surface area (Å²) in [4.78, 5) is 0. The first-order valence-electron chi connectivity index (χ1n) is 6.64. The van der Waals surface area contributed by atoms with Crippen LogP contribution in [-0.4, -0.2) is 5.11 Å². The second kappa shape index (κ2) is 5.57. The molecule has 0 aliphatic heterocycles. The maximum Gasteiger partial charge on any atom is 0.211 e. The van der Waals surface area contributed by atoms with Gasteiger partial charge in [0.1, 0.15) is 0 Å². The minimum atomic E-state index is 0.0597. The molecule has 0 saturated carbocycles. The minimum Gasteiger partial charge on any atom is -0.503 e. The SMILES string of the molecule is Oc1ccc[n+](C(c2ccccc2)c2ccccc2)c1. The predicted molar refractivity (Wildman–Crippen MR) is 78.4 cm³/mol. The largest absolute Gasteiger partial charge is 0.503 e. The Morgan fingerprint density at radius 1 is 0.700 bits per heavy atom. The van der Waals surface area contributed by atoms with Crippen molar-refractivity contribution in [2.24, 2.45) is 0 Å². The zero-order chi connectivity index (χ0) is 13.8. The van der Waals surface area contributed by atoms with Crippen LogP contribution in [0.4, 0.5) is 0 Å². The molecule has 0 amide bonds. The quantitative estimate of drug-likeness (QED) is 0.719. The summed E-state index contributed by atoms with van der Waals surface area (Å²) in [6, 6.07) is 24.2. The van der Waals surface area contributed by atoms with Crippen molar-refractivity contribution in [3.63, 3.8) is 0 Å². The number of aromatic hydroxyl groups is 1. The Bertz CT molecular complexity index is 641. The normalized spacial score (nSPS) is 10.7. The molecule has 0 radical (unpaired) electrons. The molecule has 0 bridgehead atoms. The second-order valence-electron chi connectivity index (χ2n) is 4.73. The average molecular weight is 262 g/mol. The highest BCUT2D eigenvalue weighted by molar-refractivity contribution is 5.29. The number of nitrogens with zero attached hydrogens (tertiary/aromatic N) is 1. The fraction of sp³-hybridized carbons (Fsp3) is 0.0556. The van der Waals surface area contributed by atoms with Crippen LogP contribution in [0.25, 0.3) is 0 Å². The van der Waals surface area contributed by atoms with Gasteiger partial charge < -0.3 is 5.11 Å². The first-order chi connectivity index (χ1) is 9.84. The van der Waals surface area contributed by atoms with Crippen molar-refractivity contribution in [3.05, 3.63) is 96.3 Å². The summed E-state index contributed by atoms with van der Waals surface area (Å²) in [5.41, 5.74) is 2.38. The van der Waals surface area contributed by atoms with E-state index in [1.807, 2.05) is 53.2 Å². The molecule has 1 aromatic heterocycles. The molecule has 98 valence electrons. The lowest BCUT2D eigenvalue weighted by Gasteiger charge is -2.13. The molecule has 2 aromatic carbocycles. The summed E-state index contributed by atoms with van der Waals surface area (Å²) in [5.74, 6) is 0.268. The van der Waals surface area contributed by atoms with Crippen LogP contribution in [0.1, 0.15) is 17.2 Å². The van der Waals surface area contributed by atoms with Gasteiger partial charge in [0.05, 0.1) is 0 Å². The third kappa shape index (κ3) is 2.54. The van der Waals surface area contributed by atoms with E-state index < -0.39 is 0 Å². The molecular weight excluding hydrogens is 246 g/mol. The van der Waals surface area contributed by atoms with E-state index in [2.05, 4.69) is 24.3 Å². The lowest BCUT2D eigenvalue weighted by Crippen LogP contribution is -2.39. The maximum atomic E-state index is 9.73. The fourth-order valence-corrected chi connectivity index (χ4v) is 2.45. The number of hydrogen-bond acceptors (Lipinski definition) is 1. The molecule has 0 fully saturated rings. The van der Waals surface area contributed by atoms with E-state index in [1.54, 1.807) is 12.3 Å². The third-order valence-electron chi connectivity index (χ3n) is 3.34. The van der Waals surface area contributed by atoms with Gasteiger partial charge >= 0.3 is 0 Å². The average Bonchev–Trinajstić information content (AvgIpc) is 2.50. The first-order valence-corrected chi connectivity index (χ1v) is 6.64. The Morgan fingerprint density at radius 3 is 1.75 bits per heavy atom. The van der Waals surface area contributed by atoms with Gasteiger partial charge in [0.15, 0.2) is 11.9 Å². The van der Waals surface area contributed by atoms with E-state index in [1.165, 1.54) is 11.1 Å². The number of rotatable bonds is 3. The van der Waals surface area contributed by atoms with Crippen molar-refractivity contribution in [1.82, 2.24) is 0 Å². The minimum absolute atomic E-state index is 0.0597. The molecule has 0 spiro atoms. The van der Waals surface area contributed by atoms with Gasteiger partial charge in [0, 0.05) is 17.2 Å². The molecular formula is C18H16NO+. The molecule has 3 rings (SSSR count). The van der Waals surface area contributed by atoms with Crippen LogP contribution in [0.5, 0.6) is 5.75 Å². The zero-order valence-corrected chi connectivity index (χ0v) is 11.1. The van der Waals surface area contributed by atoms with Crippen LogP contribution in [0, 0.1) is 0 Å². The van der Waals surface area contributed by atoms with Crippen molar-refractivity contribution in [3.8, 4) is 5.75 Å². The molecule has 1 heterocycles. The fourth-order valence-electron chi connectivity index (χ4n) is 2.45. The number of pyridine rings is 1. The lowest BCUT2D eigenvalue weighted by atomic mass is 9.98.